The number of nitrogens with zero attached hydrogens (tertiary/aromatic N) is 1. The summed E-state index contributed by atoms with van der Waals surface area (Å²) in [6, 6.07) is 17.7. The second-order valence-electron chi connectivity index (χ2n) is 7.66. The largest absolute Gasteiger partial charge is 0.478 e. The molecule has 0 spiro atoms. The van der Waals surface area contributed by atoms with Crippen molar-refractivity contribution in [2.45, 2.75) is 58.2 Å². The molecule has 0 aliphatic rings. The van der Waals surface area contributed by atoms with Crippen molar-refractivity contribution >= 4 is 5.97 Å². The van der Waals surface area contributed by atoms with E-state index >= 15 is 0 Å². The lowest BCUT2D eigenvalue weighted by atomic mass is 9.81. The molecule has 0 radical (unpaired) electrons. The van der Waals surface area contributed by atoms with Gasteiger partial charge in [-0.05, 0) is 63.8 Å². The summed E-state index contributed by atoms with van der Waals surface area (Å²) in [6.45, 7) is 8.61. The Morgan fingerprint density at radius 3 is 2.15 bits per heavy atom. The number of aliphatic hydroxyl groups is 1. The second kappa shape index (κ2) is 9.16. The van der Waals surface area contributed by atoms with E-state index in [9.17, 15) is 15.0 Å². The molecule has 0 fully saturated rings. The van der Waals surface area contributed by atoms with E-state index in [0.29, 0.717) is 18.4 Å². The first-order valence-corrected chi connectivity index (χ1v) is 9.59. The summed E-state index contributed by atoms with van der Waals surface area (Å²) >= 11 is 0. The van der Waals surface area contributed by atoms with Crippen LogP contribution in [0.15, 0.2) is 54.6 Å². The molecule has 2 N–H and O–H groups in total. The van der Waals surface area contributed by atoms with Gasteiger partial charge in [-0.2, -0.15) is 0 Å². The maximum atomic E-state index is 11.3. The number of aryl methyl sites for hydroxylation is 1. The summed E-state index contributed by atoms with van der Waals surface area (Å²) in [7, 11) is 0. The van der Waals surface area contributed by atoms with Crippen LogP contribution in [-0.4, -0.2) is 39.8 Å². The molecule has 0 amide bonds. The Morgan fingerprint density at radius 1 is 1.00 bits per heavy atom. The molecule has 2 aromatic rings. The average molecular weight is 370 g/mol. The zero-order valence-corrected chi connectivity index (χ0v) is 16.7. The second-order valence-corrected chi connectivity index (χ2v) is 7.66. The molecule has 4 nitrogen and oxygen atoms in total. The fourth-order valence-corrected chi connectivity index (χ4v) is 4.22. The molecule has 1 atom stereocenters. The normalized spacial score (nSPS) is 13.9. The van der Waals surface area contributed by atoms with Crippen LogP contribution >= 0.6 is 0 Å². The van der Waals surface area contributed by atoms with E-state index in [1.165, 1.54) is 0 Å². The van der Waals surface area contributed by atoms with Crippen molar-refractivity contribution in [2.75, 3.05) is 6.61 Å². The predicted molar refractivity (Wildman–Crippen MR) is 109 cm³/mol. The van der Waals surface area contributed by atoms with Crippen LogP contribution in [0.5, 0.6) is 0 Å². The summed E-state index contributed by atoms with van der Waals surface area (Å²) in [5, 5.41) is 19.8. The van der Waals surface area contributed by atoms with Gasteiger partial charge in [-0.3, -0.25) is 4.90 Å². The number of hydrogen-bond acceptors (Lipinski definition) is 3. The minimum absolute atomic E-state index is 0.00595. The van der Waals surface area contributed by atoms with Gasteiger partial charge in [0.1, 0.15) is 0 Å². The highest BCUT2D eigenvalue weighted by molar-refractivity contribution is 5.87. The van der Waals surface area contributed by atoms with Crippen LogP contribution in [0.1, 0.15) is 55.6 Å². The van der Waals surface area contributed by atoms with Crippen LogP contribution in [0.2, 0.25) is 0 Å². The van der Waals surface area contributed by atoms with Gasteiger partial charge in [0.2, 0.25) is 0 Å². The van der Waals surface area contributed by atoms with Gasteiger partial charge in [0.15, 0.2) is 0 Å². The number of aromatic carboxylic acids is 1. The van der Waals surface area contributed by atoms with Gasteiger partial charge in [0, 0.05) is 12.1 Å². The summed E-state index contributed by atoms with van der Waals surface area (Å²) in [6.07, 6.45) is 1.39. The number of rotatable bonds is 9. The SMILES string of the molecule is CC(C)N(C(C)C)C(CO)(CCc1cccc(C(=O)O)c1)c1ccccc1. The van der Waals surface area contributed by atoms with Gasteiger partial charge < -0.3 is 10.2 Å². The first-order valence-electron chi connectivity index (χ1n) is 9.59. The fraction of sp³-hybridized carbons (Fsp3) is 0.435. The van der Waals surface area contributed by atoms with E-state index in [2.05, 4.69) is 44.7 Å². The van der Waals surface area contributed by atoms with Crippen LogP contribution < -0.4 is 0 Å². The number of benzene rings is 2. The summed E-state index contributed by atoms with van der Waals surface area (Å²) in [5.74, 6) is -0.917. The van der Waals surface area contributed by atoms with Crippen molar-refractivity contribution in [3.63, 3.8) is 0 Å². The number of carbonyl (C=O) groups is 1. The Hall–Kier alpha value is -2.17. The topological polar surface area (TPSA) is 60.8 Å². The molecule has 146 valence electrons. The molecule has 0 aromatic heterocycles. The third-order valence-corrected chi connectivity index (χ3v) is 5.18. The number of carboxylic acid groups (broad SMARTS) is 1. The lowest BCUT2D eigenvalue weighted by Gasteiger charge is -2.48. The Bertz CT molecular complexity index is 734. The molecule has 0 bridgehead atoms. The van der Waals surface area contributed by atoms with Gasteiger partial charge in [0.05, 0.1) is 17.7 Å². The van der Waals surface area contributed by atoms with Crippen molar-refractivity contribution in [2.24, 2.45) is 0 Å². The smallest absolute Gasteiger partial charge is 0.335 e. The maximum absolute atomic E-state index is 11.3. The minimum Gasteiger partial charge on any atom is -0.478 e. The molecule has 0 aliphatic heterocycles. The number of aliphatic hydroxyl groups excluding tert-OH is 1. The lowest BCUT2D eigenvalue weighted by molar-refractivity contribution is -0.0259. The summed E-state index contributed by atoms with van der Waals surface area (Å²) in [5.41, 5.74) is 1.83. The average Bonchev–Trinajstić information content (AvgIpc) is 2.65. The molecule has 2 aromatic carbocycles. The van der Waals surface area contributed by atoms with Gasteiger partial charge in [-0.1, -0.05) is 42.5 Å². The lowest BCUT2D eigenvalue weighted by Crippen LogP contribution is -2.55. The van der Waals surface area contributed by atoms with Crippen molar-refractivity contribution in [1.29, 1.82) is 0 Å². The molecule has 27 heavy (non-hydrogen) atoms. The van der Waals surface area contributed by atoms with Crippen LogP contribution in [0, 0.1) is 0 Å². The van der Waals surface area contributed by atoms with Crippen molar-refractivity contribution in [3.05, 3.63) is 71.3 Å². The molecule has 0 heterocycles. The van der Waals surface area contributed by atoms with Crippen LogP contribution in [0.4, 0.5) is 0 Å². The molecule has 1 unspecified atom stereocenters. The Morgan fingerprint density at radius 2 is 1.63 bits per heavy atom. The third-order valence-electron chi connectivity index (χ3n) is 5.18. The number of carboxylic acids is 1. The zero-order valence-electron chi connectivity index (χ0n) is 16.7. The van der Waals surface area contributed by atoms with Gasteiger partial charge in [-0.25, -0.2) is 4.79 Å². The first kappa shape index (κ1) is 21.1. The van der Waals surface area contributed by atoms with E-state index in [1.54, 1.807) is 18.2 Å². The molecule has 4 heteroatoms. The molecule has 0 aliphatic carbocycles. The third kappa shape index (κ3) is 4.76. The summed E-state index contributed by atoms with van der Waals surface area (Å²) < 4.78 is 0. The zero-order chi connectivity index (χ0) is 20.0. The van der Waals surface area contributed by atoms with Crippen LogP contribution in [-0.2, 0) is 12.0 Å². The van der Waals surface area contributed by atoms with E-state index in [4.69, 9.17) is 0 Å². The first-order chi connectivity index (χ1) is 12.8. The molecule has 0 saturated carbocycles. The fourth-order valence-electron chi connectivity index (χ4n) is 4.22. The molecular formula is C23H31NO3. The van der Waals surface area contributed by atoms with E-state index < -0.39 is 11.5 Å². The summed E-state index contributed by atoms with van der Waals surface area (Å²) in [4.78, 5) is 13.6. The van der Waals surface area contributed by atoms with E-state index in [0.717, 1.165) is 11.1 Å². The molecule has 0 saturated heterocycles. The monoisotopic (exact) mass is 369 g/mol. The highest BCUT2D eigenvalue weighted by Crippen LogP contribution is 2.36. The van der Waals surface area contributed by atoms with Gasteiger partial charge in [0.25, 0.3) is 0 Å². The Kier molecular flexibility index (Phi) is 7.17. The van der Waals surface area contributed by atoms with Crippen LogP contribution in [0.3, 0.4) is 0 Å². The highest BCUT2D eigenvalue weighted by Gasteiger charge is 2.40. The van der Waals surface area contributed by atoms with Crippen molar-refractivity contribution in [1.82, 2.24) is 4.90 Å². The van der Waals surface area contributed by atoms with Gasteiger partial charge in [-0.15, -0.1) is 0 Å². The minimum atomic E-state index is -0.917. The van der Waals surface area contributed by atoms with Crippen molar-refractivity contribution in [3.8, 4) is 0 Å². The Balaban J connectivity index is 2.43. The van der Waals surface area contributed by atoms with Gasteiger partial charge >= 0.3 is 5.97 Å². The van der Waals surface area contributed by atoms with Crippen LogP contribution in [0.25, 0.3) is 0 Å². The van der Waals surface area contributed by atoms with Crippen molar-refractivity contribution < 1.29 is 15.0 Å². The van der Waals surface area contributed by atoms with E-state index in [1.807, 2.05) is 24.3 Å². The molecular weight excluding hydrogens is 338 g/mol. The van der Waals surface area contributed by atoms with E-state index in [-0.39, 0.29) is 18.7 Å². The quantitative estimate of drug-likeness (QED) is 0.691. The highest BCUT2D eigenvalue weighted by atomic mass is 16.4. The Labute approximate surface area is 162 Å². The predicted octanol–water partition coefficient (Wildman–Crippen LogP) is 4.32. The maximum Gasteiger partial charge on any atom is 0.335 e. The number of hydrogen-bond donors (Lipinski definition) is 2. The molecule has 2 rings (SSSR count). The standard InChI is InChI=1S/C23H31NO3/c1-17(2)24(18(3)4)23(16-25,21-11-6-5-7-12-21)14-13-19-9-8-10-20(15-19)22(26)27/h5-12,15,17-18,25H,13-14,16H2,1-4H3,(H,26,27).